The van der Waals surface area contributed by atoms with Gasteiger partial charge in [-0.25, -0.2) is 9.78 Å². The minimum atomic E-state index is -0.319. The molecule has 182 valence electrons. The van der Waals surface area contributed by atoms with E-state index < -0.39 is 0 Å². The number of rotatable bonds is 5. The highest BCUT2D eigenvalue weighted by molar-refractivity contribution is 7.20. The van der Waals surface area contributed by atoms with Crippen LogP contribution in [0, 0.1) is 25.2 Å². The van der Waals surface area contributed by atoms with Crippen LogP contribution in [0.1, 0.15) is 16.7 Å². The van der Waals surface area contributed by atoms with Crippen LogP contribution in [0.4, 0.5) is 21.2 Å². The number of anilines is 3. The number of aromatic amines is 1. The quantitative estimate of drug-likeness (QED) is 0.349. The van der Waals surface area contributed by atoms with E-state index in [4.69, 9.17) is 4.74 Å². The first kappa shape index (κ1) is 23.5. The number of carbonyl (C=O) groups excluding carboxylic acids is 1. The summed E-state index contributed by atoms with van der Waals surface area (Å²) in [4.78, 5) is 19.9. The van der Waals surface area contributed by atoms with Crippen LogP contribution >= 0.6 is 11.3 Å². The van der Waals surface area contributed by atoms with Gasteiger partial charge < -0.3 is 20.3 Å². The number of aromatic nitrogens is 3. The predicted molar refractivity (Wildman–Crippen MR) is 141 cm³/mol. The van der Waals surface area contributed by atoms with Crippen LogP contribution in [0.25, 0.3) is 21.8 Å². The molecule has 0 aliphatic carbocycles. The minimum absolute atomic E-state index is 0.319. The topological polar surface area (TPSA) is 119 Å². The molecule has 9 nitrogen and oxygen atoms in total. The molecular weight excluding hydrogens is 474 g/mol. The van der Waals surface area contributed by atoms with Crippen molar-refractivity contribution < 1.29 is 9.53 Å². The number of carbonyl (C=O) groups is 1. The normalized spacial score (nSPS) is 13.3. The van der Waals surface area contributed by atoms with Crippen molar-refractivity contribution >= 4 is 33.7 Å². The molecule has 5 rings (SSSR count). The second-order valence-corrected chi connectivity index (χ2v) is 9.49. The number of ether oxygens (including phenoxy) is 1. The maximum Gasteiger partial charge on any atom is 0.323 e. The monoisotopic (exact) mass is 499 g/mol. The van der Waals surface area contributed by atoms with Gasteiger partial charge in [0, 0.05) is 30.0 Å². The molecule has 1 fully saturated rings. The molecule has 3 heterocycles. The Morgan fingerprint density at radius 2 is 1.92 bits per heavy atom. The van der Waals surface area contributed by atoms with E-state index >= 15 is 0 Å². The van der Waals surface area contributed by atoms with E-state index in [1.165, 1.54) is 17.7 Å². The molecule has 0 spiro atoms. The first-order valence-electron chi connectivity index (χ1n) is 11.5. The largest absolute Gasteiger partial charge is 0.378 e. The van der Waals surface area contributed by atoms with Gasteiger partial charge in [0.25, 0.3) is 0 Å². The van der Waals surface area contributed by atoms with E-state index in [0.717, 1.165) is 50.9 Å². The van der Waals surface area contributed by atoms with E-state index in [2.05, 4.69) is 36.8 Å². The van der Waals surface area contributed by atoms with Crippen LogP contribution < -0.4 is 15.5 Å². The van der Waals surface area contributed by atoms with Crippen molar-refractivity contribution in [2.45, 2.75) is 13.8 Å². The summed E-state index contributed by atoms with van der Waals surface area (Å²) < 4.78 is 5.49. The molecule has 2 aromatic heterocycles. The Balaban J connectivity index is 1.43. The zero-order valence-corrected chi connectivity index (χ0v) is 20.8. The van der Waals surface area contributed by atoms with Crippen molar-refractivity contribution in [2.75, 3.05) is 41.8 Å². The van der Waals surface area contributed by atoms with Gasteiger partial charge in [0.2, 0.25) is 0 Å². The molecule has 1 aliphatic rings. The number of aryl methyl sites for hydroxylation is 2. The summed E-state index contributed by atoms with van der Waals surface area (Å²) in [6, 6.07) is 15.5. The SMILES string of the molecule is Cc1ccc(C)c(NC(=O)Nc2ccc(-c3c(-c4nc[nH]n4)sc(N4CCOCC4)c3C#N)cc2)c1. The smallest absolute Gasteiger partial charge is 0.323 e. The van der Waals surface area contributed by atoms with Gasteiger partial charge in [-0.15, -0.1) is 11.3 Å². The molecule has 3 N–H and O–H groups in total. The van der Waals surface area contributed by atoms with Gasteiger partial charge in [-0.1, -0.05) is 24.3 Å². The molecular formula is C26H25N7O2S. The van der Waals surface area contributed by atoms with Crippen LogP contribution in [0.15, 0.2) is 48.8 Å². The summed E-state index contributed by atoms with van der Waals surface area (Å²) >= 11 is 1.51. The van der Waals surface area contributed by atoms with E-state index in [-0.39, 0.29) is 6.03 Å². The molecule has 1 aliphatic heterocycles. The van der Waals surface area contributed by atoms with Gasteiger partial charge in [-0.05, 0) is 48.7 Å². The van der Waals surface area contributed by atoms with Gasteiger partial charge in [-0.3, -0.25) is 5.10 Å². The lowest BCUT2D eigenvalue weighted by molar-refractivity contribution is 0.123. The first-order chi connectivity index (χ1) is 17.5. The summed E-state index contributed by atoms with van der Waals surface area (Å²) in [5.74, 6) is 0.543. The zero-order valence-electron chi connectivity index (χ0n) is 20.0. The molecule has 10 heteroatoms. The van der Waals surface area contributed by atoms with E-state index in [0.29, 0.717) is 30.3 Å². The zero-order chi connectivity index (χ0) is 25.1. The molecule has 0 unspecified atom stereocenters. The number of nitrogens with zero attached hydrogens (tertiary/aromatic N) is 4. The lowest BCUT2D eigenvalue weighted by Gasteiger charge is -2.27. The molecule has 0 atom stereocenters. The third-order valence-electron chi connectivity index (χ3n) is 5.99. The Kier molecular flexibility index (Phi) is 6.66. The summed E-state index contributed by atoms with van der Waals surface area (Å²) in [7, 11) is 0. The number of urea groups is 1. The Morgan fingerprint density at radius 3 is 2.61 bits per heavy atom. The second kappa shape index (κ2) is 10.2. The number of nitriles is 1. The first-order valence-corrected chi connectivity index (χ1v) is 12.4. The summed E-state index contributed by atoms with van der Waals surface area (Å²) in [6.45, 7) is 6.63. The summed E-state index contributed by atoms with van der Waals surface area (Å²) in [6.07, 6.45) is 1.53. The van der Waals surface area contributed by atoms with Gasteiger partial charge >= 0.3 is 6.03 Å². The molecule has 0 bridgehead atoms. The minimum Gasteiger partial charge on any atom is -0.378 e. The Labute approximate surface area is 212 Å². The summed E-state index contributed by atoms with van der Waals surface area (Å²) in [5.41, 5.74) is 5.70. The maximum absolute atomic E-state index is 12.6. The van der Waals surface area contributed by atoms with Crippen LogP contribution in [0.2, 0.25) is 0 Å². The lowest BCUT2D eigenvalue weighted by Crippen LogP contribution is -2.36. The Morgan fingerprint density at radius 1 is 1.14 bits per heavy atom. The number of hydrogen-bond donors (Lipinski definition) is 3. The number of amides is 2. The summed E-state index contributed by atoms with van der Waals surface area (Å²) in [5, 5.41) is 23.9. The fraction of sp³-hybridized carbons (Fsp3) is 0.231. The van der Waals surface area contributed by atoms with E-state index in [1.54, 1.807) is 0 Å². The molecule has 4 aromatic rings. The van der Waals surface area contributed by atoms with Crippen molar-refractivity contribution in [1.29, 1.82) is 5.26 Å². The number of benzene rings is 2. The van der Waals surface area contributed by atoms with Crippen LogP contribution in [0.3, 0.4) is 0 Å². The molecule has 2 amide bonds. The van der Waals surface area contributed by atoms with Crippen LogP contribution in [0.5, 0.6) is 0 Å². The van der Waals surface area contributed by atoms with Gasteiger partial charge in [0.15, 0.2) is 5.82 Å². The fourth-order valence-electron chi connectivity index (χ4n) is 4.14. The number of nitrogens with one attached hydrogen (secondary N) is 3. The maximum atomic E-state index is 12.6. The average Bonchev–Trinajstić information content (AvgIpc) is 3.55. The van der Waals surface area contributed by atoms with E-state index in [1.807, 2.05) is 56.3 Å². The third-order valence-corrected chi connectivity index (χ3v) is 7.24. The molecule has 2 aromatic carbocycles. The predicted octanol–water partition coefficient (Wildman–Crippen LogP) is 5.17. The van der Waals surface area contributed by atoms with Gasteiger partial charge in [0.05, 0.1) is 23.7 Å². The molecule has 0 saturated carbocycles. The molecule has 0 radical (unpaired) electrons. The van der Waals surface area contributed by atoms with Gasteiger partial charge in [-0.2, -0.15) is 10.4 Å². The standard InChI is InChI=1S/C26H25N7O2S/c1-16-3-4-17(2)21(13-16)31-26(34)30-19-7-5-18(6-8-19)22-20(14-27)25(33-9-11-35-12-10-33)36-23(22)24-28-15-29-32-24/h3-8,13,15H,9-12H2,1-2H3,(H,28,29,32)(H2,30,31,34). The second-order valence-electron chi connectivity index (χ2n) is 8.50. The highest BCUT2D eigenvalue weighted by Gasteiger charge is 2.26. The van der Waals surface area contributed by atoms with Crippen molar-refractivity contribution in [2.24, 2.45) is 0 Å². The van der Waals surface area contributed by atoms with Gasteiger partial charge in [0.1, 0.15) is 17.4 Å². The van der Waals surface area contributed by atoms with Crippen molar-refractivity contribution in [3.05, 3.63) is 65.5 Å². The van der Waals surface area contributed by atoms with Crippen LogP contribution in [-0.4, -0.2) is 47.5 Å². The highest BCUT2D eigenvalue weighted by atomic mass is 32.1. The number of hydrogen-bond acceptors (Lipinski definition) is 7. The highest BCUT2D eigenvalue weighted by Crippen LogP contribution is 2.46. The Hall–Kier alpha value is -4.20. The number of H-pyrrole nitrogens is 1. The lowest BCUT2D eigenvalue weighted by atomic mass is 10.0. The Bertz CT molecular complexity index is 1420. The van der Waals surface area contributed by atoms with Crippen molar-refractivity contribution in [3.8, 4) is 27.9 Å². The molecule has 36 heavy (non-hydrogen) atoms. The van der Waals surface area contributed by atoms with Crippen molar-refractivity contribution in [3.63, 3.8) is 0 Å². The fourth-order valence-corrected chi connectivity index (χ4v) is 5.40. The average molecular weight is 500 g/mol. The van der Waals surface area contributed by atoms with Crippen molar-refractivity contribution in [1.82, 2.24) is 15.2 Å². The van der Waals surface area contributed by atoms with E-state index in [9.17, 15) is 10.1 Å². The molecule has 1 saturated heterocycles. The third kappa shape index (κ3) is 4.79. The van der Waals surface area contributed by atoms with Crippen LogP contribution in [-0.2, 0) is 4.74 Å². The number of thiophene rings is 1. The number of morpholine rings is 1.